The Kier molecular flexibility index (Phi) is 3.77. The highest BCUT2D eigenvalue weighted by atomic mass is 19.3. The quantitative estimate of drug-likeness (QED) is 0.907. The summed E-state index contributed by atoms with van der Waals surface area (Å²) in [4.78, 5) is 16.1. The molecule has 0 radical (unpaired) electrons. The van der Waals surface area contributed by atoms with E-state index in [1.54, 1.807) is 14.0 Å². The molecular weight excluding hydrogens is 270 g/mol. The zero-order chi connectivity index (χ0) is 14.9. The van der Waals surface area contributed by atoms with Gasteiger partial charge >= 0.3 is 0 Å². The van der Waals surface area contributed by atoms with E-state index in [4.69, 9.17) is 0 Å². The third kappa shape index (κ3) is 2.65. The monoisotopic (exact) mass is 284 g/mol. The van der Waals surface area contributed by atoms with E-state index in [0.717, 1.165) is 10.7 Å². The van der Waals surface area contributed by atoms with Crippen LogP contribution in [-0.4, -0.2) is 30.5 Å². The zero-order valence-electron chi connectivity index (χ0n) is 11.2. The van der Waals surface area contributed by atoms with Crippen molar-refractivity contribution in [2.75, 3.05) is 0 Å². The van der Waals surface area contributed by atoms with E-state index in [1.807, 2.05) is 0 Å². The molecule has 2 heterocycles. The van der Waals surface area contributed by atoms with Gasteiger partial charge in [-0.15, -0.1) is 0 Å². The number of aryl methyl sites for hydroxylation is 2. The number of amides is 1. The standard InChI is InChI=1S/C11H14F2N6O/c1-6(10-14-5-15-19(10)3)16-11(20)8-4-7(9(12)13)17-18(8)2/h4-6,9H,1-3H3,(H,16,20)/t6-/m1/s1. The number of halogens is 2. The van der Waals surface area contributed by atoms with Crippen LogP contribution in [0.15, 0.2) is 12.4 Å². The van der Waals surface area contributed by atoms with Crippen molar-refractivity contribution in [1.82, 2.24) is 29.9 Å². The Morgan fingerprint density at radius 2 is 2.05 bits per heavy atom. The van der Waals surface area contributed by atoms with Crippen molar-refractivity contribution < 1.29 is 13.6 Å². The number of hydrogen-bond donors (Lipinski definition) is 1. The molecule has 108 valence electrons. The van der Waals surface area contributed by atoms with Crippen LogP contribution < -0.4 is 5.32 Å². The Labute approximate surface area is 113 Å². The predicted octanol–water partition coefficient (Wildman–Crippen LogP) is 0.977. The second kappa shape index (κ2) is 5.35. The van der Waals surface area contributed by atoms with Crippen LogP contribution in [0.1, 0.15) is 41.4 Å². The van der Waals surface area contributed by atoms with Gasteiger partial charge in [0.2, 0.25) is 0 Å². The predicted molar refractivity (Wildman–Crippen MR) is 65.0 cm³/mol. The van der Waals surface area contributed by atoms with Gasteiger partial charge in [-0.05, 0) is 13.0 Å². The second-order valence-electron chi connectivity index (χ2n) is 4.32. The first kappa shape index (κ1) is 14.1. The van der Waals surface area contributed by atoms with Gasteiger partial charge in [0, 0.05) is 14.1 Å². The minimum atomic E-state index is -2.71. The molecule has 0 aromatic carbocycles. The number of nitrogens with zero attached hydrogens (tertiary/aromatic N) is 5. The summed E-state index contributed by atoms with van der Waals surface area (Å²) in [5, 5.41) is 10.2. The lowest BCUT2D eigenvalue weighted by Gasteiger charge is -2.12. The van der Waals surface area contributed by atoms with Gasteiger partial charge in [-0.3, -0.25) is 14.2 Å². The van der Waals surface area contributed by atoms with E-state index in [0.29, 0.717) is 5.82 Å². The highest BCUT2D eigenvalue weighted by molar-refractivity contribution is 5.92. The highest BCUT2D eigenvalue weighted by Crippen LogP contribution is 2.18. The van der Waals surface area contributed by atoms with Crippen LogP contribution in [0, 0.1) is 0 Å². The number of carbonyl (C=O) groups is 1. The van der Waals surface area contributed by atoms with Crippen molar-refractivity contribution in [3.8, 4) is 0 Å². The molecule has 9 heteroatoms. The zero-order valence-corrected chi connectivity index (χ0v) is 11.2. The summed E-state index contributed by atoms with van der Waals surface area (Å²) in [5.74, 6) is 0.0667. The van der Waals surface area contributed by atoms with E-state index in [2.05, 4.69) is 20.5 Å². The molecule has 0 spiro atoms. The van der Waals surface area contributed by atoms with Gasteiger partial charge < -0.3 is 5.32 Å². The van der Waals surface area contributed by atoms with Crippen molar-refractivity contribution in [2.45, 2.75) is 19.4 Å². The first-order valence-electron chi connectivity index (χ1n) is 5.87. The van der Waals surface area contributed by atoms with Crippen LogP contribution in [0.2, 0.25) is 0 Å². The van der Waals surface area contributed by atoms with Crippen molar-refractivity contribution in [1.29, 1.82) is 0 Å². The van der Waals surface area contributed by atoms with Gasteiger partial charge in [0.1, 0.15) is 23.5 Å². The highest BCUT2D eigenvalue weighted by Gasteiger charge is 2.21. The SMILES string of the molecule is C[C@@H](NC(=O)c1cc(C(F)F)nn1C)c1ncnn1C. The molecule has 7 nitrogen and oxygen atoms in total. The van der Waals surface area contributed by atoms with E-state index >= 15 is 0 Å². The van der Waals surface area contributed by atoms with Gasteiger partial charge in [-0.2, -0.15) is 10.2 Å². The molecule has 2 aromatic heterocycles. The Morgan fingerprint density at radius 1 is 1.35 bits per heavy atom. The summed E-state index contributed by atoms with van der Waals surface area (Å²) >= 11 is 0. The molecule has 0 fully saturated rings. The van der Waals surface area contributed by atoms with E-state index in [9.17, 15) is 13.6 Å². The molecule has 0 unspecified atom stereocenters. The van der Waals surface area contributed by atoms with Crippen molar-refractivity contribution >= 4 is 5.91 Å². The Hall–Kier alpha value is -2.32. The lowest BCUT2D eigenvalue weighted by molar-refractivity contribution is 0.0928. The molecule has 0 saturated carbocycles. The molecule has 1 amide bonds. The fraction of sp³-hybridized carbons (Fsp3) is 0.455. The third-order valence-electron chi connectivity index (χ3n) is 2.84. The molecule has 20 heavy (non-hydrogen) atoms. The molecule has 0 bridgehead atoms. The molecule has 0 aliphatic heterocycles. The van der Waals surface area contributed by atoms with E-state index in [-0.39, 0.29) is 5.69 Å². The number of hydrogen-bond acceptors (Lipinski definition) is 4. The molecule has 2 aromatic rings. The maximum atomic E-state index is 12.5. The fourth-order valence-electron chi connectivity index (χ4n) is 1.84. The van der Waals surface area contributed by atoms with Gasteiger partial charge in [0.25, 0.3) is 12.3 Å². The summed E-state index contributed by atoms with van der Waals surface area (Å²) < 4.78 is 27.7. The van der Waals surface area contributed by atoms with Crippen LogP contribution in [-0.2, 0) is 14.1 Å². The number of nitrogens with one attached hydrogen (secondary N) is 1. The summed E-state index contributed by atoms with van der Waals surface area (Å²) in [6, 6.07) is 0.670. The smallest absolute Gasteiger partial charge is 0.282 e. The average molecular weight is 284 g/mol. The summed E-state index contributed by atoms with van der Waals surface area (Å²) in [7, 11) is 3.14. The second-order valence-corrected chi connectivity index (χ2v) is 4.32. The summed E-state index contributed by atoms with van der Waals surface area (Å²) in [6.07, 6.45) is -1.34. The number of aromatic nitrogens is 5. The van der Waals surface area contributed by atoms with Gasteiger partial charge in [0.15, 0.2) is 0 Å². The van der Waals surface area contributed by atoms with Crippen LogP contribution in [0.4, 0.5) is 8.78 Å². The molecule has 0 saturated heterocycles. The summed E-state index contributed by atoms with van der Waals surface area (Å²) in [5.41, 5.74) is -0.363. The minimum Gasteiger partial charge on any atom is -0.341 e. The first-order chi connectivity index (χ1) is 9.40. The van der Waals surface area contributed by atoms with Crippen LogP contribution in [0.3, 0.4) is 0 Å². The maximum absolute atomic E-state index is 12.5. The van der Waals surface area contributed by atoms with Gasteiger partial charge in [0.05, 0.1) is 6.04 Å². The lowest BCUT2D eigenvalue weighted by Crippen LogP contribution is -2.30. The maximum Gasteiger partial charge on any atom is 0.282 e. The molecule has 0 aliphatic rings. The van der Waals surface area contributed by atoms with E-state index < -0.39 is 24.1 Å². The molecule has 0 aliphatic carbocycles. The molecule has 1 N–H and O–H groups in total. The van der Waals surface area contributed by atoms with Crippen LogP contribution in [0.25, 0.3) is 0 Å². The molecule has 2 rings (SSSR count). The van der Waals surface area contributed by atoms with Crippen molar-refractivity contribution in [2.24, 2.45) is 14.1 Å². The van der Waals surface area contributed by atoms with E-state index in [1.165, 1.54) is 18.1 Å². The molecular formula is C11H14F2N6O. The van der Waals surface area contributed by atoms with Gasteiger partial charge in [-0.1, -0.05) is 0 Å². The van der Waals surface area contributed by atoms with Crippen molar-refractivity contribution in [3.63, 3.8) is 0 Å². The van der Waals surface area contributed by atoms with Gasteiger partial charge in [-0.25, -0.2) is 13.8 Å². The van der Waals surface area contributed by atoms with Crippen LogP contribution in [0.5, 0.6) is 0 Å². The largest absolute Gasteiger partial charge is 0.341 e. The molecule has 1 atom stereocenters. The summed E-state index contributed by atoms with van der Waals surface area (Å²) in [6.45, 7) is 1.73. The average Bonchev–Trinajstić information content (AvgIpc) is 2.95. The first-order valence-corrected chi connectivity index (χ1v) is 5.87. The fourth-order valence-corrected chi connectivity index (χ4v) is 1.84. The number of rotatable bonds is 4. The number of alkyl halides is 2. The van der Waals surface area contributed by atoms with Crippen LogP contribution >= 0.6 is 0 Å². The third-order valence-corrected chi connectivity index (χ3v) is 2.84. The Balaban J connectivity index is 2.14. The topological polar surface area (TPSA) is 77.6 Å². The lowest BCUT2D eigenvalue weighted by atomic mass is 10.2. The minimum absolute atomic E-state index is 0.0642. The number of carbonyl (C=O) groups excluding carboxylic acids is 1. The Morgan fingerprint density at radius 3 is 2.55 bits per heavy atom. The Bertz CT molecular complexity index is 620. The van der Waals surface area contributed by atoms with Crippen molar-refractivity contribution in [3.05, 3.63) is 29.6 Å². The normalized spacial score (nSPS) is 12.7.